The summed E-state index contributed by atoms with van der Waals surface area (Å²) >= 11 is 0. The molecule has 92 valence electrons. The van der Waals surface area contributed by atoms with Crippen LogP contribution in [-0.2, 0) is 4.79 Å². The predicted molar refractivity (Wildman–Crippen MR) is 66.1 cm³/mol. The van der Waals surface area contributed by atoms with Crippen molar-refractivity contribution >= 4 is 28.3 Å². The van der Waals surface area contributed by atoms with Crippen LogP contribution in [-0.4, -0.2) is 22.4 Å². The van der Waals surface area contributed by atoms with Gasteiger partial charge >= 0.3 is 0 Å². The lowest BCUT2D eigenvalue weighted by Crippen LogP contribution is -2.22. The van der Waals surface area contributed by atoms with Crippen molar-refractivity contribution in [3.05, 3.63) is 40.4 Å². The zero-order valence-electron chi connectivity index (χ0n) is 9.29. The maximum atomic E-state index is 10.6. The monoisotopic (exact) mass is 246 g/mol. The number of hydrogen-bond donors (Lipinski definition) is 2. The maximum Gasteiger partial charge on any atom is 0.270 e. The van der Waals surface area contributed by atoms with Gasteiger partial charge in [-0.05, 0) is 18.2 Å². The molecule has 0 aliphatic rings. The minimum Gasteiger partial charge on any atom is -0.368 e. The number of nitrogens with one attached hydrogen (secondary N) is 1. The Hall–Kier alpha value is -2.70. The number of nitrogens with zero attached hydrogens (tertiary/aromatic N) is 2. The average molecular weight is 246 g/mol. The number of carbonyl (C=O) groups is 1. The summed E-state index contributed by atoms with van der Waals surface area (Å²) in [5, 5.41) is 14.0. The zero-order valence-corrected chi connectivity index (χ0v) is 9.29. The molecule has 7 nitrogen and oxygen atoms in total. The number of primary amides is 1. The van der Waals surface area contributed by atoms with Gasteiger partial charge in [0.15, 0.2) is 0 Å². The normalized spacial score (nSPS) is 10.2. The average Bonchev–Trinajstić information content (AvgIpc) is 2.35. The number of nitro benzene ring substituents is 1. The molecule has 0 unspecified atom stereocenters. The third-order valence-corrected chi connectivity index (χ3v) is 2.33. The molecule has 1 aromatic heterocycles. The highest BCUT2D eigenvalue weighted by molar-refractivity contribution is 5.83. The molecule has 1 amide bonds. The van der Waals surface area contributed by atoms with Crippen LogP contribution in [0.4, 0.5) is 11.5 Å². The minimum atomic E-state index is -0.486. The van der Waals surface area contributed by atoms with Gasteiger partial charge in [0.25, 0.3) is 5.69 Å². The molecule has 2 rings (SSSR count). The fourth-order valence-corrected chi connectivity index (χ4v) is 1.50. The van der Waals surface area contributed by atoms with Crippen molar-refractivity contribution < 1.29 is 9.72 Å². The third-order valence-electron chi connectivity index (χ3n) is 2.33. The van der Waals surface area contributed by atoms with Crippen molar-refractivity contribution in [2.75, 3.05) is 11.9 Å². The van der Waals surface area contributed by atoms with E-state index in [1.54, 1.807) is 18.2 Å². The highest BCUT2D eigenvalue weighted by Gasteiger charge is 2.07. The largest absolute Gasteiger partial charge is 0.368 e. The van der Waals surface area contributed by atoms with E-state index in [0.29, 0.717) is 16.7 Å². The van der Waals surface area contributed by atoms with Gasteiger partial charge in [0, 0.05) is 17.5 Å². The predicted octanol–water partition coefficient (Wildman–Crippen LogP) is 1.04. The Balaban J connectivity index is 2.32. The molecule has 2 aromatic rings. The molecule has 0 bridgehead atoms. The van der Waals surface area contributed by atoms with Crippen LogP contribution >= 0.6 is 0 Å². The molecule has 0 spiro atoms. The first-order chi connectivity index (χ1) is 8.56. The number of anilines is 1. The van der Waals surface area contributed by atoms with Crippen molar-refractivity contribution in [1.29, 1.82) is 0 Å². The van der Waals surface area contributed by atoms with E-state index in [0.717, 1.165) is 0 Å². The molecule has 3 N–H and O–H groups in total. The van der Waals surface area contributed by atoms with Gasteiger partial charge in [-0.1, -0.05) is 0 Å². The topological polar surface area (TPSA) is 111 Å². The number of fused-ring (bicyclic) bond motifs is 1. The van der Waals surface area contributed by atoms with Crippen molar-refractivity contribution in [1.82, 2.24) is 4.98 Å². The molecular weight excluding hydrogens is 236 g/mol. The summed E-state index contributed by atoms with van der Waals surface area (Å²) in [4.78, 5) is 25.0. The Morgan fingerprint density at radius 2 is 2.17 bits per heavy atom. The molecule has 0 fully saturated rings. The zero-order chi connectivity index (χ0) is 13.1. The summed E-state index contributed by atoms with van der Waals surface area (Å²) in [6.07, 6.45) is 0. The van der Waals surface area contributed by atoms with Gasteiger partial charge in [-0.3, -0.25) is 14.9 Å². The second-order valence-electron chi connectivity index (χ2n) is 3.65. The Morgan fingerprint density at radius 1 is 1.39 bits per heavy atom. The molecule has 0 aliphatic heterocycles. The highest BCUT2D eigenvalue weighted by atomic mass is 16.6. The fourth-order valence-electron chi connectivity index (χ4n) is 1.50. The lowest BCUT2D eigenvalue weighted by molar-refractivity contribution is -0.384. The Labute approximate surface area is 102 Å². The number of rotatable bonds is 4. The van der Waals surface area contributed by atoms with Crippen LogP contribution in [0.15, 0.2) is 30.3 Å². The molecule has 0 atom stereocenters. The number of nitrogens with two attached hydrogens (primary N) is 1. The van der Waals surface area contributed by atoms with Gasteiger partial charge < -0.3 is 11.1 Å². The van der Waals surface area contributed by atoms with Crippen LogP contribution in [0.3, 0.4) is 0 Å². The first-order valence-corrected chi connectivity index (χ1v) is 5.13. The number of amides is 1. The van der Waals surface area contributed by atoms with Gasteiger partial charge in [-0.2, -0.15) is 0 Å². The van der Waals surface area contributed by atoms with E-state index in [2.05, 4.69) is 10.3 Å². The third kappa shape index (κ3) is 2.51. The molecule has 18 heavy (non-hydrogen) atoms. The number of aromatic nitrogens is 1. The summed E-state index contributed by atoms with van der Waals surface area (Å²) in [5.41, 5.74) is 5.62. The van der Waals surface area contributed by atoms with Crippen molar-refractivity contribution in [2.45, 2.75) is 0 Å². The van der Waals surface area contributed by atoms with Gasteiger partial charge in [-0.15, -0.1) is 0 Å². The fraction of sp³-hybridized carbons (Fsp3) is 0.0909. The first kappa shape index (κ1) is 11.8. The van der Waals surface area contributed by atoms with Crippen LogP contribution < -0.4 is 11.1 Å². The minimum absolute atomic E-state index is 0.00844. The maximum absolute atomic E-state index is 10.6. The lowest BCUT2D eigenvalue weighted by atomic mass is 10.2. The van der Waals surface area contributed by atoms with Crippen molar-refractivity contribution in [2.24, 2.45) is 5.73 Å². The van der Waals surface area contributed by atoms with E-state index in [4.69, 9.17) is 5.73 Å². The number of benzene rings is 1. The highest BCUT2D eigenvalue weighted by Crippen LogP contribution is 2.20. The van der Waals surface area contributed by atoms with E-state index in [1.807, 2.05) is 0 Å². The Bertz CT molecular complexity index is 627. The summed E-state index contributed by atoms with van der Waals surface area (Å²) in [7, 11) is 0. The van der Waals surface area contributed by atoms with Crippen molar-refractivity contribution in [3.8, 4) is 0 Å². The molecule has 1 aromatic carbocycles. The summed E-state index contributed by atoms with van der Waals surface area (Å²) in [6, 6.07) is 7.71. The van der Waals surface area contributed by atoms with Gasteiger partial charge in [0.2, 0.25) is 5.91 Å². The molecule has 7 heteroatoms. The lowest BCUT2D eigenvalue weighted by Gasteiger charge is -2.04. The number of hydrogen-bond acceptors (Lipinski definition) is 5. The standard InChI is InChI=1S/C11H10N4O3/c12-10(16)6-13-11-4-1-7-5-8(15(17)18)2-3-9(7)14-11/h1-5H,6H2,(H2,12,16)(H,13,14). The number of carbonyl (C=O) groups excluding carboxylic acids is 1. The van der Waals surface area contributed by atoms with Crippen molar-refractivity contribution in [3.63, 3.8) is 0 Å². The van der Waals surface area contributed by atoms with Gasteiger partial charge in [0.05, 0.1) is 17.0 Å². The van der Waals surface area contributed by atoms with E-state index in [-0.39, 0.29) is 12.2 Å². The van der Waals surface area contributed by atoms with Gasteiger partial charge in [-0.25, -0.2) is 4.98 Å². The molecule has 0 saturated heterocycles. The van der Waals surface area contributed by atoms with E-state index in [9.17, 15) is 14.9 Å². The molecule has 0 radical (unpaired) electrons. The number of non-ortho nitro benzene ring substituents is 1. The number of pyridine rings is 1. The molecule has 0 saturated carbocycles. The molecular formula is C11H10N4O3. The first-order valence-electron chi connectivity index (χ1n) is 5.13. The van der Waals surface area contributed by atoms with E-state index in [1.165, 1.54) is 12.1 Å². The quantitative estimate of drug-likeness (QED) is 0.618. The molecule has 1 heterocycles. The van der Waals surface area contributed by atoms with Crippen LogP contribution in [0, 0.1) is 10.1 Å². The second kappa shape index (κ2) is 4.66. The SMILES string of the molecule is NC(=O)CNc1ccc2cc([N+](=O)[O-])ccc2n1. The summed E-state index contributed by atoms with van der Waals surface area (Å²) in [6.45, 7) is -0.00844. The van der Waals surface area contributed by atoms with Crippen LogP contribution in [0.25, 0.3) is 10.9 Å². The van der Waals surface area contributed by atoms with Gasteiger partial charge in [0.1, 0.15) is 5.82 Å². The van der Waals surface area contributed by atoms with Crippen LogP contribution in [0.5, 0.6) is 0 Å². The second-order valence-corrected chi connectivity index (χ2v) is 3.65. The summed E-state index contributed by atoms with van der Waals surface area (Å²) < 4.78 is 0. The summed E-state index contributed by atoms with van der Waals surface area (Å²) in [5.74, 6) is 0.00995. The van der Waals surface area contributed by atoms with Crippen LogP contribution in [0.2, 0.25) is 0 Å². The van der Waals surface area contributed by atoms with E-state index < -0.39 is 10.8 Å². The smallest absolute Gasteiger partial charge is 0.270 e. The van der Waals surface area contributed by atoms with Crippen LogP contribution in [0.1, 0.15) is 0 Å². The molecule has 0 aliphatic carbocycles. The Kier molecular flexibility index (Phi) is 3.05. The number of nitro groups is 1. The Morgan fingerprint density at radius 3 is 2.83 bits per heavy atom. The van der Waals surface area contributed by atoms with E-state index >= 15 is 0 Å².